The molecule has 0 fully saturated rings. The number of para-hydroxylation sites is 1. The van der Waals surface area contributed by atoms with Crippen molar-refractivity contribution in [1.29, 1.82) is 0 Å². The zero-order chi connectivity index (χ0) is 16.6. The van der Waals surface area contributed by atoms with E-state index in [-0.39, 0.29) is 5.82 Å². The van der Waals surface area contributed by atoms with Gasteiger partial charge in [-0.2, -0.15) is 0 Å². The van der Waals surface area contributed by atoms with E-state index in [1.165, 1.54) is 23.9 Å². The minimum Gasteiger partial charge on any atom is -0.248 e. The number of allylic oxidation sites excluding steroid dienone is 1. The SMILES string of the molecule is Fc1cccc(S/C=C/C(=Nc2ccccc2)c2ccccc2)c1. The van der Waals surface area contributed by atoms with Crippen molar-refractivity contribution in [2.45, 2.75) is 4.90 Å². The van der Waals surface area contributed by atoms with Crippen LogP contribution in [-0.4, -0.2) is 5.71 Å². The van der Waals surface area contributed by atoms with E-state index in [0.717, 1.165) is 21.9 Å². The van der Waals surface area contributed by atoms with E-state index in [0.29, 0.717) is 0 Å². The molecular weight excluding hydrogens is 317 g/mol. The minimum absolute atomic E-state index is 0.227. The molecule has 0 unspecified atom stereocenters. The Labute approximate surface area is 145 Å². The summed E-state index contributed by atoms with van der Waals surface area (Å²) in [6.45, 7) is 0. The van der Waals surface area contributed by atoms with Crippen LogP contribution in [0.25, 0.3) is 0 Å². The minimum atomic E-state index is -0.227. The van der Waals surface area contributed by atoms with Crippen molar-refractivity contribution in [1.82, 2.24) is 0 Å². The summed E-state index contributed by atoms with van der Waals surface area (Å²) >= 11 is 1.47. The summed E-state index contributed by atoms with van der Waals surface area (Å²) in [6.07, 6.45) is 1.96. The highest BCUT2D eigenvalue weighted by Gasteiger charge is 2.00. The Balaban J connectivity index is 1.85. The molecule has 0 bridgehead atoms. The first-order valence-corrected chi connectivity index (χ1v) is 8.47. The van der Waals surface area contributed by atoms with E-state index in [1.807, 2.05) is 78.2 Å². The highest BCUT2D eigenvalue weighted by Crippen LogP contribution is 2.21. The van der Waals surface area contributed by atoms with Gasteiger partial charge in [0, 0.05) is 10.5 Å². The van der Waals surface area contributed by atoms with Crippen molar-refractivity contribution in [3.63, 3.8) is 0 Å². The molecular formula is C21H16FNS. The lowest BCUT2D eigenvalue weighted by Crippen LogP contribution is -1.95. The summed E-state index contributed by atoms with van der Waals surface area (Å²) in [5.41, 5.74) is 2.81. The van der Waals surface area contributed by atoms with Gasteiger partial charge in [0.2, 0.25) is 0 Å². The Bertz CT molecular complexity index is 842. The number of nitrogens with zero attached hydrogens (tertiary/aromatic N) is 1. The average molecular weight is 333 g/mol. The second-order valence-electron chi connectivity index (χ2n) is 5.08. The van der Waals surface area contributed by atoms with Crippen molar-refractivity contribution in [3.05, 3.63) is 108 Å². The first kappa shape index (κ1) is 16.2. The molecule has 0 heterocycles. The molecule has 3 heteroatoms. The van der Waals surface area contributed by atoms with Gasteiger partial charge < -0.3 is 0 Å². The third-order valence-electron chi connectivity index (χ3n) is 3.30. The second-order valence-corrected chi connectivity index (χ2v) is 6.06. The van der Waals surface area contributed by atoms with Gasteiger partial charge in [-0.25, -0.2) is 9.38 Å². The highest BCUT2D eigenvalue weighted by atomic mass is 32.2. The Morgan fingerprint density at radius 1 is 0.833 bits per heavy atom. The van der Waals surface area contributed by atoms with Crippen LogP contribution < -0.4 is 0 Å². The molecule has 0 saturated heterocycles. The Kier molecular flexibility index (Phi) is 5.59. The van der Waals surface area contributed by atoms with E-state index in [1.54, 1.807) is 6.07 Å². The molecule has 3 aromatic carbocycles. The molecule has 1 nitrogen and oxygen atoms in total. The van der Waals surface area contributed by atoms with Crippen LogP contribution in [0.2, 0.25) is 0 Å². The van der Waals surface area contributed by atoms with Crippen LogP contribution in [0.1, 0.15) is 5.56 Å². The van der Waals surface area contributed by atoms with Crippen molar-refractivity contribution >= 4 is 23.2 Å². The molecule has 3 rings (SSSR count). The molecule has 0 spiro atoms. The summed E-state index contributed by atoms with van der Waals surface area (Å²) in [5.74, 6) is -0.227. The van der Waals surface area contributed by atoms with E-state index in [4.69, 9.17) is 4.99 Å². The largest absolute Gasteiger partial charge is 0.248 e. The summed E-state index contributed by atoms with van der Waals surface area (Å²) in [7, 11) is 0. The third-order valence-corrected chi connectivity index (χ3v) is 4.10. The van der Waals surface area contributed by atoms with Gasteiger partial charge in [0.25, 0.3) is 0 Å². The van der Waals surface area contributed by atoms with E-state index >= 15 is 0 Å². The maximum atomic E-state index is 13.2. The normalized spacial score (nSPS) is 11.8. The monoisotopic (exact) mass is 333 g/mol. The van der Waals surface area contributed by atoms with Crippen LogP contribution >= 0.6 is 11.8 Å². The number of benzene rings is 3. The van der Waals surface area contributed by atoms with Crippen LogP contribution in [0.4, 0.5) is 10.1 Å². The lowest BCUT2D eigenvalue weighted by Gasteiger charge is -2.03. The van der Waals surface area contributed by atoms with Gasteiger partial charge in [-0.05, 0) is 41.8 Å². The Hall–Kier alpha value is -2.65. The fourth-order valence-electron chi connectivity index (χ4n) is 2.17. The average Bonchev–Trinajstić information content (AvgIpc) is 2.63. The topological polar surface area (TPSA) is 12.4 Å². The number of hydrogen-bond donors (Lipinski definition) is 0. The van der Waals surface area contributed by atoms with Crippen LogP contribution in [0.15, 0.2) is 106 Å². The van der Waals surface area contributed by atoms with Crippen molar-refractivity contribution in [2.75, 3.05) is 0 Å². The lowest BCUT2D eigenvalue weighted by molar-refractivity contribution is 0.624. The maximum Gasteiger partial charge on any atom is 0.124 e. The Morgan fingerprint density at radius 2 is 1.54 bits per heavy atom. The van der Waals surface area contributed by atoms with Crippen LogP contribution in [-0.2, 0) is 0 Å². The summed E-state index contributed by atoms with van der Waals surface area (Å²) in [6, 6.07) is 26.4. The third kappa shape index (κ3) is 4.67. The van der Waals surface area contributed by atoms with Crippen LogP contribution in [0, 0.1) is 5.82 Å². The molecule has 0 atom stereocenters. The fourth-order valence-corrected chi connectivity index (χ4v) is 2.86. The number of halogens is 1. The molecule has 0 aliphatic heterocycles. The molecule has 0 radical (unpaired) electrons. The van der Waals surface area contributed by atoms with Gasteiger partial charge in [-0.1, -0.05) is 66.4 Å². The van der Waals surface area contributed by atoms with Crippen molar-refractivity contribution in [2.24, 2.45) is 4.99 Å². The zero-order valence-electron chi connectivity index (χ0n) is 13.0. The van der Waals surface area contributed by atoms with Gasteiger partial charge >= 0.3 is 0 Å². The molecule has 0 N–H and O–H groups in total. The van der Waals surface area contributed by atoms with Crippen LogP contribution in [0.5, 0.6) is 0 Å². The lowest BCUT2D eigenvalue weighted by atomic mass is 10.1. The molecule has 0 aliphatic rings. The smallest absolute Gasteiger partial charge is 0.124 e. The quantitative estimate of drug-likeness (QED) is 0.397. The molecule has 0 amide bonds. The number of rotatable bonds is 5. The van der Waals surface area contributed by atoms with Crippen molar-refractivity contribution in [3.8, 4) is 0 Å². The predicted octanol–water partition coefficient (Wildman–Crippen LogP) is 6.25. The fraction of sp³-hybridized carbons (Fsp3) is 0. The number of hydrogen-bond acceptors (Lipinski definition) is 2. The predicted molar refractivity (Wildman–Crippen MR) is 100 cm³/mol. The van der Waals surface area contributed by atoms with Gasteiger partial charge in [-0.15, -0.1) is 0 Å². The highest BCUT2D eigenvalue weighted by molar-refractivity contribution is 8.02. The first-order valence-electron chi connectivity index (χ1n) is 7.59. The Morgan fingerprint density at radius 3 is 2.25 bits per heavy atom. The van der Waals surface area contributed by atoms with E-state index < -0.39 is 0 Å². The summed E-state index contributed by atoms with van der Waals surface area (Å²) in [5, 5.41) is 1.93. The number of aliphatic imine (C=N–C) groups is 1. The van der Waals surface area contributed by atoms with Gasteiger partial charge in [0.1, 0.15) is 5.82 Å². The van der Waals surface area contributed by atoms with Gasteiger partial charge in [0.05, 0.1) is 11.4 Å². The van der Waals surface area contributed by atoms with E-state index in [2.05, 4.69) is 0 Å². The molecule has 24 heavy (non-hydrogen) atoms. The van der Waals surface area contributed by atoms with E-state index in [9.17, 15) is 4.39 Å². The van der Waals surface area contributed by atoms with Crippen molar-refractivity contribution < 1.29 is 4.39 Å². The van der Waals surface area contributed by atoms with Gasteiger partial charge in [0.15, 0.2) is 0 Å². The standard InChI is InChI=1S/C21H16FNS/c22-18-10-7-13-20(16-18)24-15-14-21(17-8-3-1-4-9-17)23-19-11-5-2-6-12-19/h1-16H/b15-14+,23-21?. The molecule has 0 saturated carbocycles. The second kappa shape index (κ2) is 8.27. The maximum absolute atomic E-state index is 13.2. The zero-order valence-corrected chi connectivity index (χ0v) is 13.8. The first-order chi connectivity index (χ1) is 11.8. The van der Waals surface area contributed by atoms with Gasteiger partial charge in [-0.3, -0.25) is 0 Å². The summed E-state index contributed by atoms with van der Waals surface area (Å²) < 4.78 is 13.2. The molecule has 3 aromatic rings. The summed E-state index contributed by atoms with van der Waals surface area (Å²) in [4.78, 5) is 5.58. The van der Waals surface area contributed by atoms with Crippen LogP contribution in [0.3, 0.4) is 0 Å². The molecule has 0 aliphatic carbocycles. The molecule has 0 aromatic heterocycles. The number of thioether (sulfide) groups is 1. The molecule has 118 valence electrons.